The molecule has 0 saturated heterocycles. The molecule has 0 spiro atoms. The Morgan fingerprint density at radius 3 is 1.82 bits per heavy atom. The zero-order valence-electron chi connectivity index (χ0n) is 23.0. The number of benzene rings is 3. The lowest BCUT2D eigenvalue weighted by atomic mass is 10.1. The monoisotopic (exact) mass is 558 g/mol. The Morgan fingerprint density at radius 2 is 1.28 bits per heavy atom. The third-order valence-corrected chi connectivity index (χ3v) is 7.86. The van der Waals surface area contributed by atoms with Crippen molar-refractivity contribution < 1.29 is 36.9 Å². The fourth-order valence-electron chi connectivity index (χ4n) is 4.00. The number of carbonyl (C=O) groups is 1. The summed E-state index contributed by atoms with van der Waals surface area (Å²) in [5.41, 5.74) is 1.46. The van der Waals surface area contributed by atoms with E-state index >= 15 is 0 Å². The average Bonchev–Trinajstić information content (AvgIpc) is 2.96. The first-order chi connectivity index (χ1) is 18.7. The van der Waals surface area contributed by atoms with Gasteiger partial charge in [-0.05, 0) is 35.4 Å². The summed E-state index contributed by atoms with van der Waals surface area (Å²) in [6.07, 6.45) is 0. The molecule has 3 aromatic carbocycles. The van der Waals surface area contributed by atoms with Gasteiger partial charge in [0.1, 0.15) is 0 Å². The molecular weight excluding hydrogens is 524 g/mol. The maximum atomic E-state index is 13.8. The van der Waals surface area contributed by atoms with Crippen molar-refractivity contribution in [3.8, 4) is 28.7 Å². The van der Waals surface area contributed by atoms with E-state index in [-0.39, 0.29) is 30.3 Å². The van der Waals surface area contributed by atoms with Crippen LogP contribution < -0.4 is 23.7 Å². The van der Waals surface area contributed by atoms with Crippen LogP contribution in [0, 0.1) is 0 Å². The highest BCUT2D eigenvalue weighted by atomic mass is 32.2. The number of methoxy groups -OCH3 is 5. The van der Waals surface area contributed by atoms with E-state index in [4.69, 9.17) is 23.7 Å². The van der Waals surface area contributed by atoms with Crippen LogP contribution in [0.2, 0.25) is 0 Å². The molecule has 1 amide bonds. The molecular formula is C28H34N2O8S. The van der Waals surface area contributed by atoms with Crippen molar-refractivity contribution in [3.63, 3.8) is 0 Å². The summed E-state index contributed by atoms with van der Waals surface area (Å²) < 4.78 is 55.4. The average molecular weight is 559 g/mol. The van der Waals surface area contributed by atoms with Gasteiger partial charge < -0.3 is 28.6 Å². The first kappa shape index (κ1) is 29.6. The molecule has 3 aromatic rings. The van der Waals surface area contributed by atoms with E-state index in [2.05, 4.69) is 0 Å². The quantitative estimate of drug-likeness (QED) is 0.314. The van der Waals surface area contributed by atoms with Crippen LogP contribution in [-0.4, -0.2) is 72.7 Å². The molecule has 0 aliphatic rings. The van der Waals surface area contributed by atoms with E-state index in [1.165, 1.54) is 58.6 Å². The smallest absolute Gasteiger partial charge is 0.243 e. The zero-order chi connectivity index (χ0) is 28.6. The van der Waals surface area contributed by atoms with Crippen molar-refractivity contribution in [3.05, 3.63) is 71.8 Å². The minimum atomic E-state index is -4.09. The Balaban J connectivity index is 1.90. The number of hydrogen-bond donors (Lipinski definition) is 0. The highest BCUT2D eigenvalue weighted by Gasteiger charge is 2.29. The van der Waals surface area contributed by atoms with Gasteiger partial charge in [-0.15, -0.1) is 0 Å². The lowest BCUT2D eigenvalue weighted by Gasteiger charge is -2.26. The van der Waals surface area contributed by atoms with Crippen molar-refractivity contribution in [1.82, 2.24) is 9.21 Å². The molecule has 0 saturated carbocycles. The lowest BCUT2D eigenvalue weighted by Crippen LogP contribution is -2.41. The summed E-state index contributed by atoms with van der Waals surface area (Å²) in [4.78, 5) is 14.8. The topological polar surface area (TPSA) is 104 Å². The minimum absolute atomic E-state index is 0.00127. The van der Waals surface area contributed by atoms with Gasteiger partial charge in [0.15, 0.2) is 23.0 Å². The summed E-state index contributed by atoms with van der Waals surface area (Å²) in [5.74, 6) is 1.61. The fourth-order valence-corrected chi connectivity index (χ4v) is 5.39. The van der Waals surface area contributed by atoms with Crippen molar-refractivity contribution >= 4 is 15.9 Å². The molecule has 0 bridgehead atoms. The third kappa shape index (κ3) is 6.92. The van der Waals surface area contributed by atoms with Crippen molar-refractivity contribution in [2.75, 3.05) is 49.1 Å². The van der Waals surface area contributed by atoms with Crippen molar-refractivity contribution in [2.45, 2.75) is 18.0 Å². The Labute approximate surface area is 229 Å². The number of amides is 1. The van der Waals surface area contributed by atoms with Gasteiger partial charge in [-0.2, -0.15) is 4.31 Å². The Bertz CT molecular complexity index is 1350. The van der Waals surface area contributed by atoms with Gasteiger partial charge in [-0.1, -0.05) is 30.3 Å². The minimum Gasteiger partial charge on any atom is -0.493 e. The van der Waals surface area contributed by atoms with Crippen LogP contribution in [0.4, 0.5) is 0 Å². The molecule has 0 atom stereocenters. The Kier molecular flexibility index (Phi) is 10.0. The standard InChI is InChI=1S/C28H34N2O8S/c1-29(17-21-14-25(36-4)28(38-6)26(15-21)37-5)27(31)19-30(18-20-10-8-7-9-11-20)39(32,33)22-12-13-23(34-2)24(16-22)35-3/h7-16H,17-19H2,1-6H3. The van der Waals surface area contributed by atoms with Crippen LogP contribution >= 0.6 is 0 Å². The molecule has 0 heterocycles. The predicted molar refractivity (Wildman–Crippen MR) is 146 cm³/mol. The van der Waals surface area contributed by atoms with Gasteiger partial charge in [-0.3, -0.25) is 4.79 Å². The largest absolute Gasteiger partial charge is 0.493 e. The first-order valence-electron chi connectivity index (χ1n) is 12.0. The van der Waals surface area contributed by atoms with Crippen LogP contribution in [-0.2, 0) is 27.9 Å². The van der Waals surface area contributed by atoms with Gasteiger partial charge in [0.2, 0.25) is 21.7 Å². The number of nitrogens with zero attached hydrogens (tertiary/aromatic N) is 2. The zero-order valence-corrected chi connectivity index (χ0v) is 23.8. The maximum absolute atomic E-state index is 13.8. The predicted octanol–water partition coefficient (Wildman–Crippen LogP) is 3.58. The number of ether oxygens (including phenoxy) is 5. The third-order valence-electron chi connectivity index (χ3n) is 6.08. The van der Waals surface area contributed by atoms with Gasteiger partial charge >= 0.3 is 0 Å². The van der Waals surface area contributed by atoms with Gasteiger partial charge in [0.25, 0.3) is 0 Å². The molecule has 3 rings (SSSR count). The summed E-state index contributed by atoms with van der Waals surface area (Å²) in [6.45, 7) is -0.196. The molecule has 39 heavy (non-hydrogen) atoms. The molecule has 0 aromatic heterocycles. The van der Waals surface area contributed by atoms with Gasteiger partial charge in [0.05, 0.1) is 47.0 Å². The summed E-state index contributed by atoms with van der Waals surface area (Å²) in [5, 5.41) is 0. The maximum Gasteiger partial charge on any atom is 0.243 e. The lowest BCUT2D eigenvalue weighted by molar-refractivity contribution is -0.130. The van der Waals surface area contributed by atoms with Crippen LogP contribution in [0.3, 0.4) is 0 Å². The number of sulfonamides is 1. The highest BCUT2D eigenvalue weighted by Crippen LogP contribution is 2.38. The van der Waals surface area contributed by atoms with E-state index in [0.717, 1.165) is 15.4 Å². The number of likely N-dealkylation sites (N-methyl/N-ethyl adjacent to an activating group) is 1. The second kappa shape index (κ2) is 13.2. The SMILES string of the molecule is COc1ccc(S(=O)(=O)N(CC(=O)N(C)Cc2cc(OC)c(OC)c(OC)c2)Cc2ccccc2)cc1OC. The second-order valence-corrected chi connectivity index (χ2v) is 10.5. The number of carbonyl (C=O) groups excluding carboxylic acids is 1. The second-order valence-electron chi connectivity index (χ2n) is 8.56. The van der Waals surface area contributed by atoms with Gasteiger partial charge in [-0.25, -0.2) is 8.42 Å². The molecule has 0 N–H and O–H groups in total. The molecule has 0 unspecified atom stereocenters. The summed E-state index contributed by atoms with van der Waals surface area (Å²) >= 11 is 0. The molecule has 10 nitrogen and oxygen atoms in total. The van der Waals surface area contributed by atoms with E-state index in [1.54, 1.807) is 31.3 Å². The van der Waals surface area contributed by atoms with E-state index in [9.17, 15) is 13.2 Å². The van der Waals surface area contributed by atoms with Crippen LogP contribution in [0.15, 0.2) is 65.6 Å². The Morgan fingerprint density at radius 1 is 0.692 bits per heavy atom. The van der Waals surface area contributed by atoms with Crippen LogP contribution in [0.1, 0.15) is 11.1 Å². The van der Waals surface area contributed by atoms with Gasteiger partial charge in [0, 0.05) is 26.2 Å². The number of hydrogen-bond acceptors (Lipinski definition) is 8. The first-order valence-corrected chi connectivity index (χ1v) is 13.4. The molecule has 210 valence electrons. The molecule has 0 radical (unpaired) electrons. The number of rotatable bonds is 13. The summed E-state index contributed by atoms with van der Waals surface area (Å²) in [7, 11) is 4.94. The fraction of sp³-hybridized carbons (Fsp3) is 0.321. The molecule has 0 fully saturated rings. The van der Waals surface area contributed by atoms with Crippen LogP contribution in [0.25, 0.3) is 0 Å². The molecule has 11 heteroatoms. The van der Waals surface area contributed by atoms with Crippen molar-refractivity contribution in [2.24, 2.45) is 0 Å². The molecule has 0 aliphatic heterocycles. The molecule has 0 aliphatic carbocycles. The van der Waals surface area contributed by atoms with Crippen molar-refractivity contribution in [1.29, 1.82) is 0 Å². The Hall–Kier alpha value is -3.96. The van der Waals surface area contributed by atoms with E-state index in [0.29, 0.717) is 23.0 Å². The van der Waals surface area contributed by atoms with Crippen LogP contribution in [0.5, 0.6) is 28.7 Å². The summed E-state index contributed by atoms with van der Waals surface area (Å²) in [6, 6.07) is 16.9. The normalized spacial score (nSPS) is 11.2. The highest BCUT2D eigenvalue weighted by molar-refractivity contribution is 7.89. The van der Waals surface area contributed by atoms with E-state index < -0.39 is 15.9 Å². The van der Waals surface area contributed by atoms with E-state index in [1.807, 2.05) is 18.2 Å².